The number of fused-ring (bicyclic) bond motifs is 1. The number of aromatic nitrogens is 3. The third kappa shape index (κ3) is 2.47. The Balaban J connectivity index is 1.44. The van der Waals surface area contributed by atoms with E-state index in [1.54, 1.807) is 18.5 Å². The zero-order chi connectivity index (χ0) is 15.1. The van der Waals surface area contributed by atoms with E-state index in [9.17, 15) is 4.39 Å². The summed E-state index contributed by atoms with van der Waals surface area (Å²) in [6.45, 7) is 3.74. The predicted molar refractivity (Wildman–Crippen MR) is 82.6 cm³/mol. The maximum absolute atomic E-state index is 13.0. The van der Waals surface area contributed by atoms with Crippen LogP contribution in [0, 0.1) is 17.7 Å². The van der Waals surface area contributed by atoms with Crippen LogP contribution in [0.4, 0.5) is 16.2 Å². The van der Waals surface area contributed by atoms with Gasteiger partial charge in [0.15, 0.2) is 0 Å². The Morgan fingerprint density at radius 3 is 2.14 bits per heavy atom. The summed E-state index contributed by atoms with van der Waals surface area (Å²) in [7, 11) is 0. The second-order valence-corrected chi connectivity index (χ2v) is 6.30. The highest BCUT2D eigenvalue weighted by atomic mass is 35.5. The molecule has 4 heterocycles. The molecular formula is C15H15ClFN5. The van der Waals surface area contributed by atoms with Crippen molar-refractivity contribution >= 4 is 23.4 Å². The SMILES string of the molecule is Fc1ccc(N2CC3CN(c4ncc(Cl)cn4)CC3C2)nc1. The van der Waals surface area contributed by atoms with Crippen LogP contribution < -0.4 is 9.80 Å². The topological polar surface area (TPSA) is 45.2 Å². The van der Waals surface area contributed by atoms with Crippen LogP contribution in [0.3, 0.4) is 0 Å². The third-order valence-electron chi connectivity index (χ3n) is 4.41. The number of pyridine rings is 1. The minimum absolute atomic E-state index is 0.297. The van der Waals surface area contributed by atoms with Crippen molar-refractivity contribution in [1.82, 2.24) is 15.0 Å². The lowest BCUT2D eigenvalue weighted by atomic mass is 10.0. The number of nitrogens with zero attached hydrogens (tertiary/aromatic N) is 5. The van der Waals surface area contributed by atoms with Gasteiger partial charge >= 0.3 is 0 Å². The van der Waals surface area contributed by atoms with Gasteiger partial charge in [-0.1, -0.05) is 11.6 Å². The lowest BCUT2D eigenvalue weighted by Gasteiger charge is -2.22. The molecule has 114 valence electrons. The molecule has 22 heavy (non-hydrogen) atoms. The first-order valence-corrected chi connectivity index (χ1v) is 7.66. The minimum atomic E-state index is -0.297. The Morgan fingerprint density at radius 2 is 1.55 bits per heavy atom. The third-order valence-corrected chi connectivity index (χ3v) is 4.61. The van der Waals surface area contributed by atoms with Crippen molar-refractivity contribution in [3.05, 3.63) is 41.6 Å². The van der Waals surface area contributed by atoms with Crippen LogP contribution in [-0.4, -0.2) is 41.1 Å². The smallest absolute Gasteiger partial charge is 0.225 e. The molecule has 0 spiro atoms. The average Bonchev–Trinajstić information content (AvgIpc) is 3.07. The van der Waals surface area contributed by atoms with E-state index in [0.29, 0.717) is 16.9 Å². The van der Waals surface area contributed by atoms with E-state index in [4.69, 9.17) is 11.6 Å². The number of anilines is 2. The van der Waals surface area contributed by atoms with Crippen LogP contribution >= 0.6 is 11.6 Å². The van der Waals surface area contributed by atoms with E-state index in [0.717, 1.165) is 37.9 Å². The molecule has 0 radical (unpaired) electrons. The fourth-order valence-corrected chi connectivity index (χ4v) is 3.46. The first kappa shape index (κ1) is 13.7. The largest absolute Gasteiger partial charge is 0.356 e. The van der Waals surface area contributed by atoms with Gasteiger partial charge in [-0.2, -0.15) is 0 Å². The Bertz CT molecular complexity index is 591. The monoisotopic (exact) mass is 319 g/mol. The highest BCUT2D eigenvalue weighted by molar-refractivity contribution is 6.30. The molecule has 5 nitrogen and oxygen atoms in total. The predicted octanol–water partition coefficient (Wildman–Crippen LogP) is 2.24. The van der Waals surface area contributed by atoms with Crippen LogP contribution in [0.1, 0.15) is 0 Å². The van der Waals surface area contributed by atoms with Gasteiger partial charge in [0.2, 0.25) is 5.95 Å². The second kappa shape index (κ2) is 5.35. The van der Waals surface area contributed by atoms with Gasteiger partial charge < -0.3 is 9.80 Å². The standard InChI is InChI=1S/C15H15ClFN5/c16-12-3-19-15(20-4-12)22-8-10-6-21(7-11(10)9-22)14-2-1-13(17)5-18-14/h1-5,10-11H,6-9H2. The number of hydrogen-bond donors (Lipinski definition) is 0. The summed E-state index contributed by atoms with van der Waals surface area (Å²) in [5.74, 6) is 2.42. The molecule has 0 aliphatic carbocycles. The quantitative estimate of drug-likeness (QED) is 0.849. The molecule has 0 bridgehead atoms. The van der Waals surface area contributed by atoms with Gasteiger partial charge in [0.05, 0.1) is 23.6 Å². The minimum Gasteiger partial charge on any atom is -0.356 e. The van der Waals surface area contributed by atoms with Crippen molar-refractivity contribution in [2.75, 3.05) is 36.0 Å². The van der Waals surface area contributed by atoms with Gasteiger partial charge in [-0.05, 0) is 12.1 Å². The lowest BCUT2D eigenvalue weighted by Crippen LogP contribution is -2.30. The van der Waals surface area contributed by atoms with Crippen molar-refractivity contribution in [3.63, 3.8) is 0 Å². The molecule has 2 aromatic rings. The van der Waals surface area contributed by atoms with Gasteiger partial charge in [0, 0.05) is 38.0 Å². The molecule has 0 saturated carbocycles. The second-order valence-electron chi connectivity index (χ2n) is 5.87. The maximum atomic E-state index is 13.0. The van der Waals surface area contributed by atoms with Crippen LogP contribution in [0.25, 0.3) is 0 Å². The van der Waals surface area contributed by atoms with Crippen molar-refractivity contribution in [3.8, 4) is 0 Å². The van der Waals surface area contributed by atoms with Gasteiger partial charge in [-0.3, -0.25) is 0 Å². The fraction of sp³-hybridized carbons (Fsp3) is 0.400. The van der Waals surface area contributed by atoms with Crippen LogP contribution in [0.2, 0.25) is 5.02 Å². The number of rotatable bonds is 2. The number of halogens is 2. The first-order chi connectivity index (χ1) is 10.7. The highest BCUT2D eigenvalue weighted by Gasteiger charge is 2.41. The molecule has 2 atom stereocenters. The average molecular weight is 320 g/mol. The van der Waals surface area contributed by atoms with E-state index >= 15 is 0 Å². The summed E-state index contributed by atoms with van der Waals surface area (Å²) in [5.41, 5.74) is 0. The van der Waals surface area contributed by atoms with Gasteiger partial charge in [0.1, 0.15) is 11.6 Å². The normalized spacial score (nSPS) is 23.9. The summed E-state index contributed by atoms with van der Waals surface area (Å²) < 4.78 is 13.0. The zero-order valence-corrected chi connectivity index (χ0v) is 12.6. The van der Waals surface area contributed by atoms with Gasteiger partial charge in [0.25, 0.3) is 0 Å². The Hall–Kier alpha value is -1.95. The summed E-state index contributed by atoms with van der Waals surface area (Å²) in [5, 5.41) is 0.553. The Labute approximate surface area is 132 Å². The molecule has 0 amide bonds. The molecule has 2 aromatic heterocycles. The molecule has 2 aliphatic rings. The Kier molecular flexibility index (Phi) is 3.33. The van der Waals surface area contributed by atoms with Crippen molar-refractivity contribution in [1.29, 1.82) is 0 Å². The molecule has 2 aliphatic heterocycles. The molecule has 0 aromatic carbocycles. The summed E-state index contributed by atoms with van der Waals surface area (Å²) >= 11 is 5.83. The number of hydrogen-bond acceptors (Lipinski definition) is 5. The van der Waals surface area contributed by atoms with Gasteiger partial charge in [-0.15, -0.1) is 0 Å². The summed E-state index contributed by atoms with van der Waals surface area (Å²) in [6, 6.07) is 3.21. The highest BCUT2D eigenvalue weighted by Crippen LogP contribution is 2.34. The molecule has 0 N–H and O–H groups in total. The Morgan fingerprint density at radius 1 is 0.909 bits per heavy atom. The molecule has 2 saturated heterocycles. The first-order valence-electron chi connectivity index (χ1n) is 7.28. The molecule has 2 fully saturated rings. The van der Waals surface area contributed by atoms with Crippen molar-refractivity contribution in [2.45, 2.75) is 0 Å². The van der Waals surface area contributed by atoms with Crippen molar-refractivity contribution in [2.24, 2.45) is 11.8 Å². The van der Waals surface area contributed by atoms with Crippen molar-refractivity contribution < 1.29 is 4.39 Å². The molecule has 7 heteroatoms. The van der Waals surface area contributed by atoms with E-state index in [1.165, 1.54) is 12.3 Å². The molecule has 4 rings (SSSR count). The summed E-state index contributed by atoms with van der Waals surface area (Å²) in [4.78, 5) is 17.2. The van der Waals surface area contributed by atoms with E-state index in [1.807, 2.05) is 0 Å². The van der Waals surface area contributed by atoms with E-state index < -0.39 is 0 Å². The van der Waals surface area contributed by atoms with Crippen LogP contribution in [0.5, 0.6) is 0 Å². The maximum Gasteiger partial charge on any atom is 0.225 e. The van der Waals surface area contributed by atoms with E-state index in [2.05, 4.69) is 24.8 Å². The molecular weight excluding hydrogens is 305 g/mol. The fourth-order valence-electron chi connectivity index (χ4n) is 3.37. The van der Waals surface area contributed by atoms with Crippen LogP contribution in [-0.2, 0) is 0 Å². The van der Waals surface area contributed by atoms with Crippen LogP contribution in [0.15, 0.2) is 30.7 Å². The summed E-state index contributed by atoms with van der Waals surface area (Å²) in [6.07, 6.45) is 4.54. The zero-order valence-electron chi connectivity index (χ0n) is 11.9. The lowest BCUT2D eigenvalue weighted by molar-refractivity contribution is 0.533. The van der Waals surface area contributed by atoms with Gasteiger partial charge in [-0.25, -0.2) is 19.3 Å². The van der Waals surface area contributed by atoms with E-state index in [-0.39, 0.29) is 5.82 Å². The molecule has 2 unspecified atom stereocenters.